The first kappa shape index (κ1) is 19.1. The minimum Gasteiger partial charge on any atom is -0.336 e. The van der Waals surface area contributed by atoms with Crippen molar-refractivity contribution in [1.29, 1.82) is 0 Å². The lowest BCUT2D eigenvalue weighted by Crippen LogP contribution is -2.48. The van der Waals surface area contributed by atoms with Crippen LogP contribution in [0.3, 0.4) is 0 Å². The fourth-order valence-electron chi connectivity index (χ4n) is 3.36. The van der Waals surface area contributed by atoms with Gasteiger partial charge >= 0.3 is 0 Å². The lowest BCUT2D eigenvalue weighted by Gasteiger charge is -2.34. The van der Waals surface area contributed by atoms with Crippen LogP contribution in [0.15, 0.2) is 48.5 Å². The molecule has 0 aromatic heterocycles. The van der Waals surface area contributed by atoms with Crippen LogP contribution in [0.2, 0.25) is 0 Å². The molecule has 0 aliphatic carbocycles. The Bertz CT molecular complexity index is 793. The van der Waals surface area contributed by atoms with E-state index in [2.05, 4.69) is 24.1 Å². The van der Waals surface area contributed by atoms with Gasteiger partial charge in [0.25, 0.3) is 11.8 Å². The molecule has 1 saturated heterocycles. The molecule has 0 bridgehead atoms. The van der Waals surface area contributed by atoms with E-state index in [1.54, 1.807) is 24.3 Å². The maximum absolute atomic E-state index is 12.7. The van der Waals surface area contributed by atoms with E-state index >= 15 is 0 Å². The number of anilines is 1. The second kappa shape index (κ2) is 8.82. The minimum absolute atomic E-state index is 0.0361. The molecule has 5 heteroatoms. The van der Waals surface area contributed by atoms with Crippen LogP contribution in [0.1, 0.15) is 40.1 Å². The molecule has 0 radical (unpaired) electrons. The average molecular weight is 365 g/mol. The van der Waals surface area contributed by atoms with Crippen LogP contribution < -0.4 is 5.32 Å². The molecule has 0 atom stereocenters. The maximum Gasteiger partial charge on any atom is 0.255 e. The lowest BCUT2D eigenvalue weighted by molar-refractivity contribution is 0.0643. The van der Waals surface area contributed by atoms with E-state index in [4.69, 9.17) is 0 Å². The zero-order valence-electron chi connectivity index (χ0n) is 16.1. The van der Waals surface area contributed by atoms with Gasteiger partial charge in [-0.1, -0.05) is 32.0 Å². The van der Waals surface area contributed by atoms with Gasteiger partial charge in [0, 0.05) is 43.0 Å². The van der Waals surface area contributed by atoms with Crippen molar-refractivity contribution >= 4 is 17.5 Å². The number of rotatable bonds is 5. The van der Waals surface area contributed by atoms with Crippen LogP contribution in [-0.4, -0.2) is 54.3 Å². The summed E-state index contributed by atoms with van der Waals surface area (Å²) in [6.07, 6.45) is 0.856. The summed E-state index contributed by atoms with van der Waals surface area (Å²) in [7, 11) is 0. The third kappa shape index (κ3) is 4.55. The molecular weight excluding hydrogens is 338 g/mol. The smallest absolute Gasteiger partial charge is 0.255 e. The number of hydrogen-bond donors (Lipinski definition) is 1. The number of benzene rings is 2. The van der Waals surface area contributed by atoms with Gasteiger partial charge in [0.1, 0.15) is 0 Å². The van der Waals surface area contributed by atoms with Crippen molar-refractivity contribution < 1.29 is 9.59 Å². The maximum atomic E-state index is 12.7. The summed E-state index contributed by atoms with van der Waals surface area (Å²) in [5, 5.41) is 2.96. The number of nitrogens with zero attached hydrogens (tertiary/aromatic N) is 2. The molecule has 2 aromatic rings. The van der Waals surface area contributed by atoms with Crippen molar-refractivity contribution in [3.63, 3.8) is 0 Å². The molecule has 0 saturated carbocycles. The molecule has 0 spiro atoms. The van der Waals surface area contributed by atoms with Crippen LogP contribution in [0.25, 0.3) is 0 Å². The third-order valence-electron chi connectivity index (χ3n) is 5.15. The van der Waals surface area contributed by atoms with Gasteiger partial charge in [-0.2, -0.15) is 0 Å². The van der Waals surface area contributed by atoms with Crippen LogP contribution >= 0.6 is 0 Å². The molecule has 5 nitrogen and oxygen atoms in total. The van der Waals surface area contributed by atoms with Gasteiger partial charge in [-0.25, -0.2) is 0 Å². The molecule has 142 valence electrons. The third-order valence-corrected chi connectivity index (χ3v) is 5.15. The molecule has 1 heterocycles. The van der Waals surface area contributed by atoms with Crippen LogP contribution in [0, 0.1) is 0 Å². The molecule has 1 fully saturated rings. The van der Waals surface area contributed by atoms with E-state index in [9.17, 15) is 9.59 Å². The van der Waals surface area contributed by atoms with Gasteiger partial charge in [-0.15, -0.1) is 0 Å². The predicted octanol–water partition coefficient (Wildman–Crippen LogP) is 3.28. The van der Waals surface area contributed by atoms with Crippen molar-refractivity contribution in [2.24, 2.45) is 0 Å². The second-order valence-electron chi connectivity index (χ2n) is 6.77. The van der Waals surface area contributed by atoms with Crippen LogP contribution in [0.4, 0.5) is 5.69 Å². The highest BCUT2D eigenvalue weighted by atomic mass is 16.2. The Hall–Kier alpha value is -2.66. The molecule has 0 unspecified atom stereocenters. The Morgan fingerprint density at radius 3 is 2.15 bits per heavy atom. The molecule has 1 N–H and O–H groups in total. The number of hydrogen-bond acceptors (Lipinski definition) is 3. The van der Waals surface area contributed by atoms with Gasteiger partial charge < -0.3 is 15.1 Å². The monoisotopic (exact) mass is 365 g/mol. The molecule has 3 rings (SSSR count). The lowest BCUT2D eigenvalue weighted by atomic mass is 10.1. The van der Waals surface area contributed by atoms with E-state index in [-0.39, 0.29) is 11.8 Å². The summed E-state index contributed by atoms with van der Waals surface area (Å²) in [5.41, 5.74) is 3.11. The van der Waals surface area contributed by atoms with Gasteiger partial charge in [0.15, 0.2) is 0 Å². The van der Waals surface area contributed by atoms with Crippen LogP contribution in [-0.2, 0) is 6.42 Å². The molecule has 1 aliphatic heterocycles. The highest BCUT2D eigenvalue weighted by molar-refractivity contribution is 6.05. The highest BCUT2D eigenvalue weighted by Crippen LogP contribution is 2.17. The topological polar surface area (TPSA) is 52.7 Å². The average Bonchev–Trinajstić information content (AvgIpc) is 2.73. The summed E-state index contributed by atoms with van der Waals surface area (Å²) in [6, 6.07) is 14.7. The fourth-order valence-corrected chi connectivity index (χ4v) is 3.36. The van der Waals surface area contributed by atoms with Crippen molar-refractivity contribution in [2.45, 2.75) is 20.3 Å². The standard InChI is InChI=1S/C22H27N3O2/c1-3-17-7-5-6-8-20(17)23-21(26)18-9-11-19(12-10-18)22(27)25-15-13-24(4-2)14-16-25/h5-12H,3-4,13-16H2,1-2H3,(H,23,26). The number of nitrogens with one attached hydrogen (secondary N) is 1. The number of aryl methyl sites for hydroxylation is 1. The van der Waals surface area contributed by atoms with Crippen molar-refractivity contribution in [1.82, 2.24) is 9.80 Å². The van der Waals surface area contributed by atoms with Crippen molar-refractivity contribution in [3.05, 3.63) is 65.2 Å². The Morgan fingerprint density at radius 1 is 0.889 bits per heavy atom. The van der Waals surface area contributed by atoms with E-state index in [1.165, 1.54) is 0 Å². The van der Waals surface area contributed by atoms with Crippen molar-refractivity contribution in [3.8, 4) is 0 Å². The first-order valence-electron chi connectivity index (χ1n) is 9.63. The SMILES string of the molecule is CCc1ccccc1NC(=O)c1ccc(C(=O)N2CCN(CC)CC2)cc1. The van der Waals surface area contributed by atoms with E-state index in [0.717, 1.165) is 50.4 Å². The Kier molecular flexibility index (Phi) is 6.24. The minimum atomic E-state index is -0.161. The van der Waals surface area contributed by atoms with E-state index < -0.39 is 0 Å². The molecule has 1 aliphatic rings. The van der Waals surface area contributed by atoms with Crippen LogP contribution in [0.5, 0.6) is 0 Å². The first-order valence-corrected chi connectivity index (χ1v) is 9.63. The summed E-state index contributed by atoms with van der Waals surface area (Å²) in [5.74, 6) is -0.125. The Labute approximate surface area is 161 Å². The highest BCUT2D eigenvalue weighted by Gasteiger charge is 2.21. The Morgan fingerprint density at radius 2 is 1.52 bits per heavy atom. The van der Waals surface area contributed by atoms with E-state index in [0.29, 0.717) is 11.1 Å². The summed E-state index contributed by atoms with van der Waals surface area (Å²) in [6.45, 7) is 8.56. The molecular formula is C22H27N3O2. The van der Waals surface area contributed by atoms with Gasteiger partial charge in [0.2, 0.25) is 0 Å². The first-order chi connectivity index (χ1) is 13.1. The number of likely N-dealkylation sites (N-methyl/N-ethyl adjacent to an activating group) is 1. The largest absolute Gasteiger partial charge is 0.336 e. The zero-order valence-corrected chi connectivity index (χ0v) is 16.1. The van der Waals surface area contributed by atoms with Gasteiger partial charge in [0.05, 0.1) is 0 Å². The quantitative estimate of drug-likeness (QED) is 0.885. The molecule has 2 aromatic carbocycles. The molecule has 27 heavy (non-hydrogen) atoms. The predicted molar refractivity (Wildman–Crippen MR) is 108 cm³/mol. The van der Waals surface area contributed by atoms with E-state index in [1.807, 2.05) is 29.2 Å². The number of para-hydroxylation sites is 1. The fraction of sp³-hybridized carbons (Fsp3) is 0.364. The number of amides is 2. The summed E-state index contributed by atoms with van der Waals surface area (Å²) < 4.78 is 0. The van der Waals surface area contributed by atoms with Gasteiger partial charge in [-0.3, -0.25) is 9.59 Å². The normalized spacial score (nSPS) is 14.8. The summed E-state index contributed by atoms with van der Waals surface area (Å²) in [4.78, 5) is 29.4. The second-order valence-corrected chi connectivity index (χ2v) is 6.77. The number of piperazine rings is 1. The zero-order chi connectivity index (χ0) is 19.2. The number of carbonyl (C=O) groups excluding carboxylic acids is 2. The van der Waals surface area contributed by atoms with Gasteiger partial charge in [-0.05, 0) is 48.9 Å². The Balaban J connectivity index is 1.64. The molecule has 2 amide bonds. The summed E-state index contributed by atoms with van der Waals surface area (Å²) >= 11 is 0. The number of carbonyl (C=O) groups is 2. The van der Waals surface area contributed by atoms with Crippen molar-refractivity contribution in [2.75, 3.05) is 38.0 Å².